The lowest BCUT2D eigenvalue weighted by molar-refractivity contribution is 0.881. The van der Waals surface area contributed by atoms with Crippen LogP contribution in [0, 0.1) is 11.3 Å². The van der Waals surface area contributed by atoms with Crippen LogP contribution in [0.2, 0.25) is 0 Å². The van der Waals surface area contributed by atoms with Gasteiger partial charge in [0, 0.05) is 13.2 Å². The molecule has 0 aliphatic carbocycles. The third kappa shape index (κ3) is 1.90. The first kappa shape index (κ1) is 9.81. The van der Waals surface area contributed by atoms with Crippen LogP contribution in [0.15, 0.2) is 16.5 Å². The van der Waals surface area contributed by atoms with Crippen molar-refractivity contribution in [2.24, 2.45) is 12.8 Å². The first-order valence-corrected chi connectivity index (χ1v) is 4.41. The van der Waals surface area contributed by atoms with Crippen LogP contribution in [0.1, 0.15) is 12.6 Å². The summed E-state index contributed by atoms with van der Waals surface area (Å²) in [5.74, 6) is 0. The van der Waals surface area contributed by atoms with Gasteiger partial charge in [0.1, 0.15) is 5.69 Å². The smallest absolute Gasteiger partial charge is 0.177 e. The SMILES string of the molecule is C/C(C#N)=C(/N)c1cn(C)c(Br)n1. The molecule has 0 radical (unpaired) electrons. The molecular weight excluding hydrogens is 232 g/mol. The fourth-order valence-electron chi connectivity index (χ4n) is 0.826. The number of nitriles is 1. The van der Waals surface area contributed by atoms with Gasteiger partial charge in [-0.25, -0.2) is 4.98 Å². The molecule has 0 saturated heterocycles. The highest BCUT2D eigenvalue weighted by molar-refractivity contribution is 9.10. The van der Waals surface area contributed by atoms with E-state index in [0.29, 0.717) is 21.7 Å². The summed E-state index contributed by atoms with van der Waals surface area (Å²) < 4.78 is 2.48. The van der Waals surface area contributed by atoms with E-state index in [2.05, 4.69) is 20.9 Å². The Kier molecular flexibility index (Phi) is 2.73. The van der Waals surface area contributed by atoms with Crippen LogP contribution in [-0.2, 0) is 7.05 Å². The molecule has 1 aromatic rings. The fraction of sp³-hybridized carbons (Fsp3) is 0.250. The van der Waals surface area contributed by atoms with Crippen molar-refractivity contribution < 1.29 is 0 Å². The molecule has 5 heteroatoms. The van der Waals surface area contributed by atoms with E-state index in [1.807, 2.05) is 13.1 Å². The summed E-state index contributed by atoms with van der Waals surface area (Å²) in [4.78, 5) is 4.12. The molecule has 0 saturated carbocycles. The number of rotatable bonds is 1. The predicted octanol–water partition coefficient (Wildman–Crippen LogP) is 1.40. The molecule has 0 atom stereocenters. The number of allylic oxidation sites excluding steroid dienone is 1. The van der Waals surface area contributed by atoms with Crippen LogP contribution in [0.25, 0.3) is 5.70 Å². The zero-order chi connectivity index (χ0) is 10.0. The first-order chi connectivity index (χ1) is 6.06. The minimum absolute atomic E-state index is 0.420. The largest absolute Gasteiger partial charge is 0.396 e. The Morgan fingerprint density at radius 3 is 2.77 bits per heavy atom. The molecule has 0 unspecified atom stereocenters. The first-order valence-electron chi connectivity index (χ1n) is 3.62. The van der Waals surface area contributed by atoms with Gasteiger partial charge in [0.15, 0.2) is 4.73 Å². The van der Waals surface area contributed by atoms with Crippen molar-refractivity contribution in [3.63, 3.8) is 0 Å². The second kappa shape index (κ2) is 3.62. The van der Waals surface area contributed by atoms with Crippen LogP contribution in [-0.4, -0.2) is 9.55 Å². The number of hydrogen-bond donors (Lipinski definition) is 1. The van der Waals surface area contributed by atoms with Crippen molar-refractivity contribution in [1.82, 2.24) is 9.55 Å². The van der Waals surface area contributed by atoms with Crippen molar-refractivity contribution in [2.45, 2.75) is 6.92 Å². The van der Waals surface area contributed by atoms with Crippen molar-refractivity contribution in [1.29, 1.82) is 5.26 Å². The molecule has 13 heavy (non-hydrogen) atoms. The number of imidazole rings is 1. The molecule has 0 fully saturated rings. The normalized spacial score (nSPS) is 12.2. The second-order valence-corrected chi connectivity index (χ2v) is 3.37. The maximum atomic E-state index is 8.61. The maximum absolute atomic E-state index is 8.61. The molecule has 0 aliphatic heterocycles. The van der Waals surface area contributed by atoms with Gasteiger partial charge < -0.3 is 10.3 Å². The summed E-state index contributed by atoms with van der Waals surface area (Å²) in [6.07, 6.45) is 1.76. The molecule has 1 heterocycles. The van der Waals surface area contributed by atoms with Gasteiger partial charge in [0.2, 0.25) is 0 Å². The van der Waals surface area contributed by atoms with Gasteiger partial charge in [-0.1, -0.05) is 0 Å². The minimum atomic E-state index is 0.420. The van der Waals surface area contributed by atoms with E-state index in [1.165, 1.54) is 0 Å². The summed E-state index contributed by atoms with van der Waals surface area (Å²) in [5.41, 5.74) is 7.21. The van der Waals surface area contributed by atoms with Crippen molar-refractivity contribution >= 4 is 21.6 Å². The summed E-state index contributed by atoms with van der Waals surface area (Å²) in [6.45, 7) is 1.66. The Labute approximate surface area is 84.8 Å². The zero-order valence-electron chi connectivity index (χ0n) is 7.37. The number of halogens is 1. The topological polar surface area (TPSA) is 67.6 Å². The molecular formula is C8H9BrN4. The van der Waals surface area contributed by atoms with Gasteiger partial charge in [-0.05, 0) is 22.9 Å². The van der Waals surface area contributed by atoms with Crippen LogP contribution >= 0.6 is 15.9 Å². The third-order valence-corrected chi connectivity index (χ3v) is 2.40. The number of hydrogen-bond acceptors (Lipinski definition) is 3. The Morgan fingerprint density at radius 1 is 1.77 bits per heavy atom. The van der Waals surface area contributed by atoms with Gasteiger partial charge in [0.05, 0.1) is 17.3 Å². The second-order valence-electron chi connectivity index (χ2n) is 2.66. The van der Waals surface area contributed by atoms with E-state index in [-0.39, 0.29) is 0 Å². The summed E-state index contributed by atoms with van der Waals surface area (Å²) in [5, 5.41) is 8.61. The average Bonchev–Trinajstić information content (AvgIpc) is 2.44. The number of aryl methyl sites for hydroxylation is 1. The van der Waals surface area contributed by atoms with Crippen LogP contribution in [0.5, 0.6) is 0 Å². The van der Waals surface area contributed by atoms with E-state index < -0.39 is 0 Å². The maximum Gasteiger partial charge on any atom is 0.177 e. The zero-order valence-corrected chi connectivity index (χ0v) is 8.96. The highest BCUT2D eigenvalue weighted by Crippen LogP contribution is 2.15. The molecule has 0 aromatic carbocycles. The average molecular weight is 241 g/mol. The highest BCUT2D eigenvalue weighted by atomic mass is 79.9. The van der Waals surface area contributed by atoms with Crippen molar-refractivity contribution in [2.75, 3.05) is 0 Å². The Bertz CT molecular complexity index is 377. The van der Waals surface area contributed by atoms with Crippen molar-refractivity contribution in [3.05, 3.63) is 22.2 Å². The van der Waals surface area contributed by atoms with Crippen LogP contribution in [0.4, 0.5) is 0 Å². The minimum Gasteiger partial charge on any atom is -0.396 e. The standard InChI is InChI=1S/C8H9BrN4/c1-5(3-10)7(11)6-4-13(2)8(9)12-6/h4H,11H2,1-2H3/b7-5-. The summed E-state index contributed by atoms with van der Waals surface area (Å²) >= 11 is 3.25. The molecule has 0 bridgehead atoms. The lowest BCUT2D eigenvalue weighted by Gasteiger charge is -1.95. The molecule has 1 aromatic heterocycles. The van der Waals surface area contributed by atoms with Gasteiger partial charge in [-0.3, -0.25) is 0 Å². The van der Waals surface area contributed by atoms with Gasteiger partial charge in [-0.2, -0.15) is 5.26 Å². The molecule has 0 aliphatic rings. The Balaban J connectivity index is 3.18. The molecule has 4 nitrogen and oxygen atoms in total. The molecule has 0 spiro atoms. The molecule has 68 valence electrons. The Hall–Kier alpha value is -1.28. The molecule has 1 rings (SSSR count). The van der Waals surface area contributed by atoms with Gasteiger partial charge in [0.25, 0.3) is 0 Å². The molecule has 2 N–H and O–H groups in total. The van der Waals surface area contributed by atoms with Gasteiger partial charge >= 0.3 is 0 Å². The summed E-state index contributed by atoms with van der Waals surface area (Å²) in [7, 11) is 1.84. The van der Waals surface area contributed by atoms with Gasteiger partial charge in [-0.15, -0.1) is 0 Å². The summed E-state index contributed by atoms with van der Waals surface area (Å²) in [6, 6.07) is 1.98. The monoisotopic (exact) mass is 240 g/mol. The number of aromatic nitrogens is 2. The number of nitrogens with two attached hydrogens (primary N) is 1. The Morgan fingerprint density at radius 2 is 2.38 bits per heavy atom. The van der Waals surface area contributed by atoms with Crippen LogP contribution in [0.3, 0.4) is 0 Å². The number of nitrogens with zero attached hydrogens (tertiary/aromatic N) is 3. The van der Waals surface area contributed by atoms with E-state index >= 15 is 0 Å². The fourth-order valence-corrected chi connectivity index (χ4v) is 1.12. The molecule has 0 amide bonds. The third-order valence-electron chi connectivity index (χ3n) is 1.67. The van der Waals surface area contributed by atoms with E-state index in [4.69, 9.17) is 11.0 Å². The van der Waals surface area contributed by atoms with E-state index in [9.17, 15) is 0 Å². The predicted molar refractivity (Wildman–Crippen MR) is 53.3 cm³/mol. The van der Waals surface area contributed by atoms with E-state index in [0.717, 1.165) is 0 Å². The van der Waals surface area contributed by atoms with E-state index in [1.54, 1.807) is 17.7 Å². The lowest BCUT2D eigenvalue weighted by Crippen LogP contribution is -1.99. The highest BCUT2D eigenvalue weighted by Gasteiger charge is 2.06. The van der Waals surface area contributed by atoms with Crippen molar-refractivity contribution in [3.8, 4) is 6.07 Å². The quantitative estimate of drug-likeness (QED) is 0.755. The van der Waals surface area contributed by atoms with Crippen LogP contribution < -0.4 is 5.73 Å². The lowest BCUT2D eigenvalue weighted by atomic mass is 10.2.